The molecular formula is C15H20N2OS. The van der Waals surface area contributed by atoms with Gasteiger partial charge in [0.1, 0.15) is 5.75 Å². The van der Waals surface area contributed by atoms with Gasteiger partial charge in [0, 0.05) is 17.8 Å². The van der Waals surface area contributed by atoms with Crippen molar-refractivity contribution in [3.8, 4) is 5.75 Å². The van der Waals surface area contributed by atoms with Crippen molar-refractivity contribution in [2.24, 2.45) is 5.73 Å². The summed E-state index contributed by atoms with van der Waals surface area (Å²) in [6, 6.07) is 8.13. The van der Waals surface area contributed by atoms with Crippen molar-refractivity contribution in [1.82, 2.24) is 4.98 Å². The number of hydrogen-bond donors (Lipinski definition) is 1. The minimum atomic E-state index is 0.588. The molecule has 0 aliphatic rings. The molecule has 1 aromatic heterocycles. The zero-order valence-corrected chi connectivity index (χ0v) is 12.3. The lowest BCUT2D eigenvalue weighted by molar-refractivity contribution is 0.414. The van der Waals surface area contributed by atoms with E-state index in [4.69, 9.17) is 15.5 Å². The lowest BCUT2D eigenvalue weighted by atomic mass is 10.1. The van der Waals surface area contributed by atoms with E-state index in [1.807, 2.05) is 12.1 Å². The number of ether oxygens (including phenoxy) is 1. The van der Waals surface area contributed by atoms with Gasteiger partial charge >= 0.3 is 0 Å². The Balaban J connectivity index is 2.18. The second kappa shape index (κ2) is 6.68. The number of rotatable bonds is 6. The van der Waals surface area contributed by atoms with Crippen LogP contribution in [0.15, 0.2) is 24.3 Å². The zero-order chi connectivity index (χ0) is 13.7. The zero-order valence-electron chi connectivity index (χ0n) is 11.5. The first-order valence-electron chi connectivity index (χ1n) is 6.57. The van der Waals surface area contributed by atoms with E-state index in [0.717, 1.165) is 30.0 Å². The van der Waals surface area contributed by atoms with E-state index in [2.05, 4.69) is 19.1 Å². The molecule has 2 N–H and O–H groups in total. The molecule has 102 valence electrons. The van der Waals surface area contributed by atoms with Gasteiger partial charge in [0.05, 0.1) is 17.8 Å². The molecule has 19 heavy (non-hydrogen) atoms. The van der Waals surface area contributed by atoms with Crippen molar-refractivity contribution in [2.45, 2.75) is 32.7 Å². The first-order chi connectivity index (χ1) is 9.26. The number of hydrogen-bond acceptors (Lipinski definition) is 4. The van der Waals surface area contributed by atoms with Gasteiger partial charge in [-0.3, -0.25) is 0 Å². The summed E-state index contributed by atoms with van der Waals surface area (Å²) >= 11 is 1.73. The third-order valence-corrected chi connectivity index (χ3v) is 4.10. The van der Waals surface area contributed by atoms with Gasteiger partial charge in [-0.1, -0.05) is 25.5 Å². The molecule has 0 spiro atoms. The quantitative estimate of drug-likeness (QED) is 0.881. The molecule has 0 saturated heterocycles. The topological polar surface area (TPSA) is 48.1 Å². The molecule has 0 aliphatic heterocycles. The van der Waals surface area contributed by atoms with Crippen molar-refractivity contribution in [3.63, 3.8) is 0 Å². The predicted octanol–water partition coefficient (Wildman–Crippen LogP) is 3.15. The maximum Gasteiger partial charge on any atom is 0.119 e. The second-order valence-corrected chi connectivity index (χ2v) is 5.63. The summed E-state index contributed by atoms with van der Waals surface area (Å²) in [6.07, 6.45) is 2.97. The Hall–Kier alpha value is -1.39. The highest BCUT2D eigenvalue weighted by Crippen LogP contribution is 2.23. The second-order valence-electron chi connectivity index (χ2n) is 4.46. The first kappa shape index (κ1) is 14.0. The standard InChI is InChI=1S/C15H20N2OS/c1-3-5-13-14(10-16)19-15(17-13)9-11-6-4-7-12(8-11)18-2/h4,6-8H,3,5,9-10,16H2,1-2H3. The highest BCUT2D eigenvalue weighted by Gasteiger charge is 2.10. The van der Waals surface area contributed by atoms with Gasteiger partial charge in [0.2, 0.25) is 0 Å². The molecule has 0 unspecified atom stereocenters. The van der Waals surface area contributed by atoms with E-state index in [9.17, 15) is 0 Å². The third-order valence-electron chi connectivity index (χ3n) is 2.98. The lowest BCUT2D eigenvalue weighted by Gasteiger charge is -2.02. The van der Waals surface area contributed by atoms with Crippen LogP contribution in [0.2, 0.25) is 0 Å². The highest BCUT2D eigenvalue weighted by atomic mass is 32.1. The fourth-order valence-electron chi connectivity index (χ4n) is 2.06. The van der Waals surface area contributed by atoms with Crippen molar-refractivity contribution in [1.29, 1.82) is 0 Å². The van der Waals surface area contributed by atoms with Crippen LogP contribution in [0.5, 0.6) is 5.75 Å². The van der Waals surface area contributed by atoms with E-state index >= 15 is 0 Å². The number of thiazole rings is 1. The van der Waals surface area contributed by atoms with Crippen LogP contribution in [-0.2, 0) is 19.4 Å². The maximum absolute atomic E-state index is 5.78. The monoisotopic (exact) mass is 276 g/mol. The number of nitrogens with two attached hydrogens (primary N) is 1. The van der Waals surface area contributed by atoms with E-state index < -0.39 is 0 Å². The molecule has 0 saturated carbocycles. The number of methoxy groups -OCH3 is 1. The van der Waals surface area contributed by atoms with Crippen molar-refractivity contribution in [3.05, 3.63) is 45.4 Å². The summed E-state index contributed by atoms with van der Waals surface area (Å²) in [4.78, 5) is 5.94. The molecule has 0 radical (unpaired) electrons. The fourth-order valence-corrected chi connectivity index (χ4v) is 3.09. The molecule has 0 bridgehead atoms. The number of aromatic nitrogens is 1. The molecule has 2 rings (SSSR count). The first-order valence-corrected chi connectivity index (χ1v) is 7.39. The number of benzene rings is 1. The minimum absolute atomic E-state index is 0.588. The van der Waals surface area contributed by atoms with Crippen LogP contribution in [-0.4, -0.2) is 12.1 Å². The van der Waals surface area contributed by atoms with E-state index in [-0.39, 0.29) is 0 Å². The van der Waals surface area contributed by atoms with E-state index in [0.29, 0.717) is 6.54 Å². The summed E-state index contributed by atoms with van der Waals surface area (Å²) in [5, 5.41) is 1.14. The molecular weight excluding hydrogens is 256 g/mol. The summed E-state index contributed by atoms with van der Waals surface area (Å²) < 4.78 is 5.24. The molecule has 2 aromatic rings. The highest BCUT2D eigenvalue weighted by molar-refractivity contribution is 7.11. The number of aryl methyl sites for hydroxylation is 1. The van der Waals surface area contributed by atoms with Crippen LogP contribution < -0.4 is 10.5 Å². The Labute approximate surface area is 118 Å². The Morgan fingerprint density at radius 1 is 1.37 bits per heavy atom. The fraction of sp³-hybridized carbons (Fsp3) is 0.400. The van der Waals surface area contributed by atoms with Crippen LogP contribution in [0.1, 0.15) is 34.5 Å². The Morgan fingerprint density at radius 3 is 2.89 bits per heavy atom. The molecule has 4 heteroatoms. The summed E-state index contributed by atoms with van der Waals surface area (Å²) in [5.41, 5.74) is 8.18. The van der Waals surface area contributed by atoms with Crippen LogP contribution in [0, 0.1) is 0 Å². The smallest absolute Gasteiger partial charge is 0.119 e. The molecule has 0 aliphatic carbocycles. The average molecular weight is 276 g/mol. The van der Waals surface area contributed by atoms with Crippen LogP contribution in [0.25, 0.3) is 0 Å². The molecule has 0 fully saturated rings. The third kappa shape index (κ3) is 3.55. The van der Waals surface area contributed by atoms with Crippen LogP contribution >= 0.6 is 11.3 Å². The average Bonchev–Trinajstić information content (AvgIpc) is 2.81. The predicted molar refractivity (Wildman–Crippen MR) is 79.8 cm³/mol. The van der Waals surface area contributed by atoms with E-state index in [1.54, 1.807) is 18.4 Å². The summed E-state index contributed by atoms with van der Waals surface area (Å²) in [5.74, 6) is 0.891. The normalized spacial score (nSPS) is 10.7. The molecule has 0 amide bonds. The Kier molecular flexibility index (Phi) is 4.93. The summed E-state index contributed by atoms with van der Waals surface area (Å²) in [7, 11) is 1.69. The van der Waals surface area contributed by atoms with Gasteiger partial charge in [-0.15, -0.1) is 11.3 Å². The maximum atomic E-state index is 5.78. The molecule has 0 atom stereocenters. The molecule has 1 aromatic carbocycles. The SMILES string of the molecule is CCCc1nc(Cc2cccc(OC)c2)sc1CN. The van der Waals surface area contributed by atoms with Gasteiger partial charge < -0.3 is 10.5 Å². The van der Waals surface area contributed by atoms with Crippen molar-refractivity contribution >= 4 is 11.3 Å². The van der Waals surface area contributed by atoms with Gasteiger partial charge in [-0.2, -0.15) is 0 Å². The molecule has 3 nitrogen and oxygen atoms in total. The van der Waals surface area contributed by atoms with Crippen molar-refractivity contribution in [2.75, 3.05) is 7.11 Å². The van der Waals surface area contributed by atoms with Gasteiger partial charge in [0.15, 0.2) is 0 Å². The van der Waals surface area contributed by atoms with E-state index in [1.165, 1.54) is 16.1 Å². The Bertz CT molecular complexity index is 537. The summed E-state index contributed by atoms with van der Waals surface area (Å²) in [6.45, 7) is 2.76. The largest absolute Gasteiger partial charge is 0.497 e. The minimum Gasteiger partial charge on any atom is -0.497 e. The van der Waals surface area contributed by atoms with Crippen LogP contribution in [0.4, 0.5) is 0 Å². The van der Waals surface area contributed by atoms with Gasteiger partial charge in [-0.05, 0) is 24.1 Å². The lowest BCUT2D eigenvalue weighted by Crippen LogP contribution is -1.98. The Morgan fingerprint density at radius 2 is 2.21 bits per heavy atom. The number of nitrogens with zero attached hydrogens (tertiary/aromatic N) is 1. The van der Waals surface area contributed by atoms with Crippen LogP contribution in [0.3, 0.4) is 0 Å². The van der Waals surface area contributed by atoms with Gasteiger partial charge in [0.25, 0.3) is 0 Å². The van der Waals surface area contributed by atoms with Crippen molar-refractivity contribution < 1.29 is 4.74 Å². The molecule has 1 heterocycles. The van der Waals surface area contributed by atoms with Gasteiger partial charge in [-0.25, -0.2) is 4.98 Å².